The Kier molecular flexibility index (Phi) is 4.57. The molecular weight excluding hydrogens is 331 g/mol. The number of carbonyl (C=O) groups is 1. The van der Waals surface area contributed by atoms with Crippen LogP contribution in [0, 0.1) is 6.92 Å². The van der Waals surface area contributed by atoms with Crippen molar-refractivity contribution in [1.82, 2.24) is 14.9 Å². The first-order valence-corrected chi connectivity index (χ1v) is 7.79. The molecule has 3 rings (SSSR count). The van der Waals surface area contributed by atoms with Crippen LogP contribution >= 0.6 is 0 Å². The van der Waals surface area contributed by atoms with Gasteiger partial charge in [0.1, 0.15) is 0 Å². The van der Waals surface area contributed by atoms with Crippen molar-refractivity contribution in [3.05, 3.63) is 65.2 Å². The number of carbonyl (C=O) groups excluding carboxylic acids is 1. The van der Waals surface area contributed by atoms with Gasteiger partial charge < -0.3 is 4.90 Å². The number of nitrogens with zero attached hydrogens (tertiary/aromatic N) is 3. The Morgan fingerprint density at radius 2 is 1.92 bits per heavy atom. The molecule has 0 unspecified atom stereocenters. The number of benzene rings is 1. The molecule has 0 bridgehead atoms. The monoisotopic (exact) mass is 347 g/mol. The molecule has 0 fully saturated rings. The highest BCUT2D eigenvalue weighted by Crippen LogP contribution is 2.26. The van der Waals surface area contributed by atoms with Crippen molar-refractivity contribution in [2.45, 2.75) is 19.5 Å². The first kappa shape index (κ1) is 17.1. The van der Waals surface area contributed by atoms with Gasteiger partial charge >= 0.3 is 6.18 Å². The Morgan fingerprint density at radius 3 is 2.48 bits per heavy atom. The molecule has 1 amide bonds. The fraction of sp³-hybridized carbons (Fsp3) is 0.278. The minimum atomic E-state index is -4.61. The summed E-state index contributed by atoms with van der Waals surface area (Å²) in [6, 6.07) is 8.13. The zero-order valence-corrected chi connectivity index (χ0v) is 13.5. The Balaban J connectivity index is 1.71. The normalized spacial score (nSPS) is 15.0. The lowest BCUT2D eigenvalue weighted by Gasteiger charge is -2.26. The van der Waals surface area contributed by atoms with Crippen molar-refractivity contribution >= 4 is 11.5 Å². The van der Waals surface area contributed by atoms with Crippen LogP contribution in [-0.2, 0) is 6.18 Å². The molecule has 25 heavy (non-hydrogen) atoms. The van der Waals surface area contributed by atoms with Gasteiger partial charge in [-0.25, -0.2) is 9.97 Å². The van der Waals surface area contributed by atoms with Gasteiger partial charge in [0.2, 0.25) is 5.82 Å². The average Bonchev–Trinajstić information content (AvgIpc) is 2.61. The van der Waals surface area contributed by atoms with E-state index in [1.165, 1.54) is 5.56 Å². The van der Waals surface area contributed by atoms with E-state index in [1.54, 1.807) is 4.90 Å². The maximum atomic E-state index is 12.5. The topological polar surface area (TPSA) is 46.1 Å². The molecule has 1 aromatic heterocycles. The third kappa shape index (κ3) is 3.87. The van der Waals surface area contributed by atoms with Crippen LogP contribution in [0.5, 0.6) is 0 Å². The van der Waals surface area contributed by atoms with Crippen molar-refractivity contribution in [2.75, 3.05) is 13.1 Å². The van der Waals surface area contributed by atoms with Gasteiger partial charge in [-0.1, -0.05) is 35.9 Å². The molecule has 2 heterocycles. The molecule has 0 N–H and O–H groups in total. The van der Waals surface area contributed by atoms with Gasteiger partial charge in [0.05, 0.1) is 5.56 Å². The van der Waals surface area contributed by atoms with E-state index < -0.39 is 12.0 Å². The highest BCUT2D eigenvalue weighted by atomic mass is 19.4. The lowest BCUT2D eigenvalue weighted by atomic mass is 9.98. The van der Waals surface area contributed by atoms with E-state index >= 15 is 0 Å². The minimum Gasteiger partial charge on any atom is -0.334 e. The smallest absolute Gasteiger partial charge is 0.334 e. The summed E-state index contributed by atoms with van der Waals surface area (Å²) in [5.74, 6) is -1.61. The molecule has 1 aliphatic heterocycles. The summed E-state index contributed by atoms with van der Waals surface area (Å²) < 4.78 is 37.4. The Bertz CT molecular complexity index is 813. The zero-order valence-electron chi connectivity index (χ0n) is 13.5. The Morgan fingerprint density at radius 1 is 1.20 bits per heavy atom. The fourth-order valence-corrected chi connectivity index (χ4v) is 2.73. The van der Waals surface area contributed by atoms with Crippen LogP contribution in [0.1, 0.15) is 33.7 Å². The molecule has 0 aliphatic carbocycles. The maximum absolute atomic E-state index is 12.5. The van der Waals surface area contributed by atoms with E-state index in [1.807, 2.05) is 31.2 Å². The molecule has 130 valence electrons. The number of hydrogen-bond acceptors (Lipinski definition) is 3. The largest absolute Gasteiger partial charge is 0.451 e. The maximum Gasteiger partial charge on any atom is 0.451 e. The van der Waals surface area contributed by atoms with Crippen LogP contribution in [-0.4, -0.2) is 33.9 Å². The summed E-state index contributed by atoms with van der Waals surface area (Å²) in [5, 5.41) is 0. The van der Waals surface area contributed by atoms with Gasteiger partial charge in [-0.2, -0.15) is 13.2 Å². The summed E-state index contributed by atoms with van der Waals surface area (Å²) in [6.45, 7) is 2.93. The Hall–Kier alpha value is -2.70. The fourth-order valence-electron chi connectivity index (χ4n) is 2.73. The number of alkyl halides is 3. The lowest BCUT2D eigenvalue weighted by molar-refractivity contribution is -0.145. The van der Waals surface area contributed by atoms with Crippen molar-refractivity contribution in [3.63, 3.8) is 0 Å². The molecule has 2 aromatic rings. The summed E-state index contributed by atoms with van der Waals surface area (Å²) in [4.78, 5) is 20.4. The number of rotatable bonds is 2. The van der Waals surface area contributed by atoms with Crippen molar-refractivity contribution in [3.8, 4) is 0 Å². The molecule has 0 saturated heterocycles. The van der Waals surface area contributed by atoms with E-state index in [2.05, 4.69) is 16.0 Å². The number of aromatic nitrogens is 2. The van der Waals surface area contributed by atoms with Crippen LogP contribution < -0.4 is 0 Å². The highest BCUT2D eigenvalue weighted by molar-refractivity contribution is 5.94. The summed E-state index contributed by atoms with van der Waals surface area (Å²) in [6.07, 6.45) is -0.0914. The molecule has 0 saturated carbocycles. The second kappa shape index (κ2) is 6.66. The molecular formula is C18H16F3N3O. The molecule has 0 atom stereocenters. The predicted molar refractivity (Wildman–Crippen MR) is 86.7 cm³/mol. The summed E-state index contributed by atoms with van der Waals surface area (Å²) in [5.41, 5.74) is 3.51. The minimum absolute atomic E-state index is 0.0559. The van der Waals surface area contributed by atoms with Gasteiger partial charge in [0.25, 0.3) is 5.91 Å². The van der Waals surface area contributed by atoms with Crippen molar-refractivity contribution < 1.29 is 18.0 Å². The quantitative estimate of drug-likeness (QED) is 0.831. The number of amides is 1. The third-order valence-corrected chi connectivity index (χ3v) is 4.04. The summed E-state index contributed by atoms with van der Waals surface area (Å²) in [7, 11) is 0. The second-order valence-electron chi connectivity index (χ2n) is 5.89. The van der Waals surface area contributed by atoms with Gasteiger partial charge in [0, 0.05) is 25.5 Å². The van der Waals surface area contributed by atoms with E-state index in [4.69, 9.17) is 0 Å². The highest BCUT2D eigenvalue weighted by Gasteiger charge is 2.34. The van der Waals surface area contributed by atoms with E-state index in [9.17, 15) is 18.0 Å². The van der Waals surface area contributed by atoms with Crippen molar-refractivity contribution in [2.24, 2.45) is 0 Å². The molecule has 1 aromatic carbocycles. The van der Waals surface area contributed by atoms with E-state index in [0.29, 0.717) is 19.5 Å². The van der Waals surface area contributed by atoms with Crippen LogP contribution in [0.4, 0.5) is 13.2 Å². The molecule has 1 aliphatic rings. The third-order valence-electron chi connectivity index (χ3n) is 4.04. The van der Waals surface area contributed by atoms with Crippen LogP contribution in [0.15, 0.2) is 42.7 Å². The van der Waals surface area contributed by atoms with Crippen LogP contribution in [0.2, 0.25) is 0 Å². The van der Waals surface area contributed by atoms with Crippen molar-refractivity contribution in [1.29, 1.82) is 0 Å². The van der Waals surface area contributed by atoms with Gasteiger partial charge in [0.15, 0.2) is 0 Å². The van der Waals surface area contributed by atoms with E-state index in [0.717, 1.165) is 23.5 Å². The molecule has 0 radical (unpaired) electrons. The number of hydrogen-bond donors (Lipinski definition) is 0. The summed E-state index contributed by atoms with van der Waals surface area (Å²) >= 11 is 0. The van der Waals surface area contributed by atoms with Gasteiger partial charge in [-0.05, 0) is 24.5 Å². The molecule has 4 nitrogen and oxygen atoms in total. The molecule has 0 spiro atoms. The first-order chi connectivity index (χ1) is 11.8. The zero-order chi connectivity index (χ0) is 18.0. The first-order valence-electron chi connectivity index (χ1n) is 7.79. The molecule has 7 heteroatoms. The van der Waals surface area contributed by atoms with Crippen LogP contribution in [0.25, 0.3) is 5.57 Å². The SMILES string of the molecule is Cc1cccc(C2=CCN(C(=O)c3cnc(C(F)(F)F)nc3)CC2)c1. The number of halogens is 3. The predicted octanol–water partition coefficient (Wildman–Crippen LogP) is 3.73. The standard InChI is InChI=1S/C18H16F3N3O/c1-12-3-2-4-14(9-12)13-5-7-24(8-6-13)16(25)15-10-22-17(23-11-15)18(19,20)21/h2-5,9-11H,6-8H2,1H3. The lowest BCUT2D eigenvalue weighted by Crippen LogP contribution is -2.35. The van der Waals surface area contributed by atoms with Gasteiger partial charge in [-0.3, -0.25) is 4.79 Å². The van der Waals surface area contributed by atoms with Crippen LogP contribution in [0.3, 0.4) is 0 Å². The average molecular weight is 347 g/mol. The second-order valence-corrected chi connectivity index (χ2v) is 5.89. The number of aryl methyl sites for hydroxylation is 1. The Labute approximate surface area is 143 Å². The van der Waals surface area contributed by atoms with E-state index in [-0.39, 0.29) is 11.5 Å². The van der Waals surface area contributed by atoms with Gasteiger partial charge in [-0.15, -0.1) is 0 Å².